The van der Waals surface area contributed by atoms with Crippen molar-refractivity contribution in [2.24, 2.45) is 5.92 Å². The highest BCUT2D eigenvalue weighted by Gasteiger charge is 2.42. The second kappa shape index (κ2) is 4.94. The second-order valence-electron chi connectivity index (χ2n) is 5.19. The van der Waals surface area contributed by atoms with E-state index in [-0.39, 0.29) is 11.8 Å². The van der Waals surface area contributed by atoms with Gasteiger partial charge in [-0.2, -0.15) is 0 Å². The van der Waals surface area contributed by atoms with Gasteiger partial charge < -0.3 is 18.9 Å². The van der Waals surface area contributed by atoms with Crippen LogP contribution in [0.25, 0.3) is 0 Å². The van der Waals surface area contributed by atoms with Crippen LogP contribution in [0.3, 0.4) is 0 Å². The molecule has 1 amide bonds. The van der Waals surface area contributed by atoms with Gasteiger partial charge >= 0.3 is 0 Å². The van der Waals surface area contributed by atoms with Crippen molar-refractivity contribution in [1.82, 2.24) is 10.1 Å². The van der Waals surface area contributed by atoms with Gasteiger partial charge in [0.2, 0.25) is 0 Å². The summed E-state index contributed by atoms with van der Waals surface area (Å²) in [5.41, 5.74) is 0.360. The second-order valence-corrected chi connectivity index (χ2v) is 5.19. The third-order valence-corrected chi connectivity index (χ3v) is 3.97. The average Bonchev–Trinajstić information content (AvgIpc) is 3.10. The van der Waals surface area contributed by atoms with E-state index < -0.39 is 5.79 Å². The zero-order chi connectivity index (χ0) is 13.3. The molecule has 0 bridgehead atoms. The SMILES string of the molecule is CC1([C@@H]2CCCN(C(=O)c3ccon3)C2)OCCO1. The summed E-state index contributed by atoms with van der Waals surface area (Å²) in [6.07, 6.45) is 3.38. The quantitative estimate of drug-likeness (QED) is 0.807. The Morgan fingerprint density at radius 1 is 1.47 bits per heavy atom. The molecule has 0 N–H and O–H groups in total. The van der Waals surface area contributed by atoms with Crippen LogP contribution in [0.1, 0.15) is 30.3 Å². The molecule has 0 unspecified atom stereocenters. The highest BCUT2D eigenvalue weighted by atomic mass is 16.7. The zero-order valence-corrected chi connectivity index (χ0v) is 11.0. The van der Waals surface area contributed by atoms with Crippen LogP contribution in [0.2, 0.25) is 0 Å². The minimum absolute atomic E-state index is 0.0833. The predicted molar refractivity (Wildman–Crippen MR) is 65.4 cm³/mol. The molecule has 1 aromatic heterocycles. The highest BCUT2D eigenvalue weighted by Crippen LogP contribution is 2.34. The van der Waals surface area contributed by atoms with Gasteiger partial charge in [-0.05, 0) is 19.8 Å². The number of hydrogen-bond donors (Lipinski definition) is 0. The van der Waals surface area contributed by atoms with Crippen LogP contribution in [0, 0.1) is 5.92 Å². The van der Waals surface area contributed by atoms with Crippen molar-refractivity contribution in [3.05, 3.63) is 18.0 Å². The topological polar surface area (TPSA) is 64.8 Å². The number of rotatable bonds is 2. The van der Waals surface area contributed by atoms with Crippen molar-refractivity contribution in [2.75, 3.05) is 26.3 Å². The lowest BCUT2D eigenvalue weighted by atomic mass is 9.90. The Morgan fingerprint density at radius 2 is 2.26 bits per heavy atom. The van der Waals surface area contributed by atoms with E-state index in [1.165, 1.54) is 6.26 Å². The molecule has 2 aliphatic heterocycles. The smallest absolute Gasteiger partial charge is 0.276 e. The molecular weight excluding hydrogens is 248 g/mol. The molecule has 0 aromatic carbocycles. The lowest BCUT2D eigenvalue weighted by molar-refractivity contribution is -0.189. The van der Waals surface area contributed by atoms with E-state index in [9.17, 15) is 4.79 Å². The molecule has 1 atom stereocenters. The van der Waals surface area contributed by atoms with Gasteiger partial charge in [0.1, 0.15) is 6.26 Å². The summed E-state index contributed by atoms with van der Waals surface area (Å²) in [7, 11) is 0. The first-order valence-electron chi connectivity index (χ1n) is 6.66. The van der Waals surface area contributed by atoms with Gasteiger partial charge in [-0.25, -0.2) is 0 Å². The van der Waals surface area contributed by atoms with E-state index in [2.05, 4.69) is 5.16 Å². The fourth-order valence-corrected chi connectivity index (χ4v) is 2.84. The van der Waals surface area contributed by atoms with Gasteiger partial charge in [-0.3, -0.25) is 4.79 Å². The fraction of sp³-hybridized carbons (Fsp3) is 0.692. The predicted octanol–water partition coefficient (Wildman–Crippen LogP) is 1.29. The van der Waals surface area contributed by atoms with Crippen LogP contribution in [0.15, 0.2) is 16.9 Å². The van der Waals surface area contributed by atoms with Crippen LogP contribution in [0.5, 0.6) is 0 Å². The molecule has 3 heterocycles. The molecule has 0 radical (unpaired) electrons. The summed E-state index contributed by atoms with van der Waals surface area (Å²) < 4.78 is 16.1. The van der Waals surface area contributed by atoms with E-state index in [0.717, 1.165) is 19.4 Å². The van der Waals surface area contributed by atoms with Crippen molar-refractivity contribution >= 4 is 5.91 Å². The average molecular weight is 266 g/mol. The van der Waals surface area contributed by atoms with Crippen LogP contribution >= 0.6 is 0 Å². The van der Waals surface area contributed by atoms with Crippen LogP contribution in [-0.2, 0) is 9.47 Å². The molecular formula is C13H18N2O4. The third kappa shape index (κ3) is 2.37. The van der Waals surface area contributed by atoms with Crippen molar-refractivity contribution in [1.29, 1.82) is 0 Å². The zero-order valence-electron chi connectivity index (χ0n) is 11.0. The van der Waals surface area contributed by atoms with Crippen LogP contribution < -0.4 is 0 Å². The van der Waals surface area contributed by atoms with Gasteiger partial charge in [-0.1, -0.05) is 5.16 Å². The van der Waals surface area contributed by atoms with E-state index in [4.69, 9.17) is 14.0 Å². The number of carbonyl (C=O) groups is 1. The van der Waals surface area contributed by atoms with Crippen molar-refractivity contribution in [3.8, 4) is 0 Å². The molecule has 0 saturated carbocycles. The summed E-state index contributed by atoms with van der Waals surface area (Å²) in [6, 6.07) is 1.59. The molecule has 6 heteroatoms. The highest BCUT2D eigenvalue weighted by molar-refractivity contribution is 5.92. The first-order chi connectivity index (χ1) is 9.19. The van der Waals surface area contributed by atoms with Gasteiger partial charge in [-0.15, -0.1) is 0 Å². The van der Waals surface area contributed by atoms with E-state index >= 15 is 0 Å². The van der Waals surface area contributed by atoms with Gasteiger partial charge in [0.25, 0.3) is 5.91 Å². The fourth-order valence-electron chi connectivity index (χ4n) is 2.84. The number of aromatic nitrogens is 1. The molecule has 2 saturated heterocycles. The summed E-state index contributed by atoms with van der Waals surface area (Å²) in [5.74, 6) is -0.428. The number of piperidine rings is 1. The molecule has 2 fully saturated rings. The maximum atomic E-state index is 12.2. The Labute approximate surface area is 111 Å². The van der Waals surface area contributed by atoms with E-state index in [1.807, 2.05) is 11.8 Å². The molecule has 0 aliphatic carbocycles. The Morgan fingerprint density at radius 3 is 2.95 bits per heavy atom. The Kier molecular flexibility index (Phi) is 3.28. The summed E-state index contributed by atoms with van der Waals surface area (Å²) in [4.78, 5) is 14.1. The maximum Gasteiger partial charge on any atom is 0.276 e. The maximum absolute atomic E-state index is 12.2. The molecule has 1 aromatic rings. The molecule has 3 rings (SSSR count). The number of ether oxygens (including phenoxy) is 2. The molecule has 0 spiro atoms. The Balaban J connectivity index is 1.69. The largest absolute Gasteiger partial charge is 0.364 e. The van der Waals surface area contributed by atoms with Crippen LogP contribution in [-0.4, -0.2) is 48.1 Å². The number of carbonyl (C=O) groups excluding carboxylic acids is 1. The van der Waals surface area contributed by atoms with Crippen LogP contribution in [0.4, 0.5) is 0 Å². The molecule has 6 nitrogen and oxygen atoms in total. The van der Waals surface area contributed by atoms with Crippen molar-refractivity contribution < 1.29 is 18.8 Å². The summed E-state index contributed by atoms with van der Waals surface area (Å²) in [6.45, 7) is 4.61. The number of likely N-dealkylation sites (tertiary alicyclic amines) is 1. The first-order valence-corrected chi connectivity index (χ1v) is 6.66. The van der Waals surface area contributed by atoms with E-state index in [0.29, 0.717) is 25.5 Å². The number of nitrogens with zero attached hydrogens (tertiary/aromatic N) is 2. The molecule has 104 valence electrons. The van der Waals surface area contributed by atoms with Gasteiger partial charge in [0, 0.05) is 25.1 Å². The third-order valence-electron chi connectivity index (χ3n) is 3.97. The van der Waals surface area contributed by atoms with E-state index in [1.54, 1.807) is 6.07 Å². The standard InChI is InChI=1S/C13H18N2O4/c1-13(17-7-8-18-13)10-3-2-5-15(9-10)12(16)11-4-6-19-14-11/h4,6,10H,2-3,5,7-9H2,1H3/t10-/m1/s1. The van der Waals surface area contributed by atoms with Crippen molar-refractivity contribution in [2.45, 2.75) is 25.6 Å². The lowest BCUT2D eigenvalue weighted by Crippen LogP contribution is -2.48. The summed E-state index contributed by atoms with van der Waals surface area (Å²) in [5, 5.41) is 3.70. The minimum Gasteiger partial charge on any atom is -0.364 e. The molecule has 19 heavy (non-hydrogen) atoms. The minimum atomic E-state index is -0.553. The van der Waals surface area contributed by atoms with Crippen molar-refractivity contribution in [3.63, 3.8) is 0 Å². The van der Waals surface area contributed by atoms with Gasteiger partial charge in [0.15, 0.2) is 11.5 Å². The Bertz CT molecular complexity index is 440. The monoisotopic (exact) mass is 266 g/mol. The Hall–Kier alpha value is -1.40. The first kappa shape index (κ1) is 12.6. The lowest BCUT2D eigenvalue weighted by Gasteiger charge is -2.39. The number of amides is 1. The summed E-state index contributed by atoms with van der Waals surface area (Å²) >= 11 is 0. The number of hydrogen-bond acceptors (Lipinski definition) is 5. The van der Waals surface area contributed by atoms with Gasteiger partial charge in [0.05, 0.1) is 13.2 Å². The normalized spacial score (nSPS) is 26.6. The molecule has 2 aliphatic rings.